The molecule has 0 amide bonds. The summed E-state index contributed by atoms with van der Waals surface area (Å²) in [6.07, 6.45) is 0.948. The summed E-state index contributed by atoms with van der Waals surface area (Å²) in [4.78, 5) is 0. The highest BCUT2D eigenvalue weighted by molar-refractivity contribution is 5.33. The van der Waals surface area contributed by atoms with Crippen molar-refractivity contribution in [1.29, 1.82) is 5.26 Å². The van der Waals surface area contributed by atoms with Crippen molar-refractivity contribution in [3.05, 3.63) is 29.8 Å². The number of hydrogen-bond acceptors (Lipinski definition) is 2. The highest BCUT2D eigenvalue weighted by Crippen LogP contribution is 2.21. The summed E-state index contributed by atoms with van der Waals surface area (Å²) >= 11 is 0. The summed E-state index contributed by atoms with van der Waals surface area (Å²) in [5, 5.41) is 8.87. The molecule has 1 aromatic rings. The van der Waals surface area contributed by atoms with Crippen LogP contribution < -0.4 is 4.74 Å². The predicted octanol–water partition coefficient (Wildman–Crippen LogP) is 3.18. The van der Waals surface area contributed by atoms with Crippen molar-refractivity contribution in [1.82, 2.24) is 0 Å². The van der Waals surface area contributed by atoms with Crippen LogP contribution in [0, 0.1) is 16.7 Å². The van der Waals surface area contributed by atoms with Crippen LogP contribution in [0.2, 0.25) is 0 Å². The Morgan fingerprint density at radius 2 is 2.00 bits per heavy atom. The fraction of sp³-hybridized carbons (Fsp3) is 0.462. The van der Waals surface area contributed by atoms with Gasteiger partial charge in [-0.2, -0.15) is 5.26 Å². The lowest BCUT2D eigenvalue weighted by Crippen LogP contribution is -2.19. The van der Waals surface area contributed by atoms with Gasteiger partial charge in [0.25, 0.3) is 0 Å². The van der Waals surface area contributed by atoms with E-state index in [0.29, 0.717) is 6.61 Å². The van der Waals surface area contributed by atoms with Crippen LogP contribution in [0.15, 0.2) is 24.3 Å². The minimum absolute atomic E-state index is 0.430. The third kappa shape index (κ3) is 3.28. The topological polar surface area (TPSA) is 33.0 Å². The van der Waals surface area contributed by atoms with Crippen molar-refractivity contribution in [2.45, 2.75) is 27.2 Å². The van der Waals surface area contributed by atoms with Gasteiger partial charge in [0.05, 0.1) is 11.5 Å². The van der Waals surface area contributed by atoms with Gasteiger partial charge in [-0.25, -0.2) is 0 Å². The number of para-hydroxylation sites is 1. The van der Waals surface area contributed by atoms with Crippen molar-refractivity contribution in [2.75, 3.05) is 6.61 Å². The highest BCUT2D eigenvalue weighted by atomic mass is 16.5. The Labute approximate surface area is 91.5 Å². The maximum atomic E-state index is 8.87. The molecule has 0 aliphatic carbocycles. The van der Waals surface area contributed by atoms with Gasteiger partial charge >= 0.3 is 0 Å². The van der Waals surface area contributed by atoms with Gasteiger partial charge in [0.15, 0.2) is 0 Å². The molecule has 0 aliphatic rings. The number of aryl methyl sites for hydroxylation is 1. The Morgan fingerprint density at radius 1 is 1.33 bits per heavy atom. The normalized spacial score (nSPS) is 10.8. The first kappa shape index (κ1) is 11.6. The van der Waals surface area contributed by atoms with Gasteiger partial charge in [-0.15, -0.1) is 0 Å². The molecular formula is C13H17NO. The molecule has 0 saturated carbocycles. The van der Waals surface area contributed by atoms with Crippen molar-refractivity contribution in [3.63, 3.8) is 0 Å². The Hall–Kier alpha value is -1.49. The largest absolute Gasteiger partial charge is 0.492 e. The zero-order valence-electron chi connectivity index (χ0n) is 9.58. The first-order valence-corrected chi connectivity index (χ1v) is 5.21. The first-order valence-electron chi connectivity index (χ1n) is 5.21. The Balaban J connectivity index is 2.70. The molecule has 2 heteroatoms. The molecule has 1 aromatic carbocycles. The number of nitrogens with zero attached hydrogens (tertiary/aromatic N) is 1. The Bertz CT molecular complexity index is 363. The third-order valence-corrected chi connectivity index (χ3v) is 2.24. The van der Waals surface area contributed by atoms with Crippen LogP contribution in [0.1, 0.15) is 26.3 Å². The van der Waals surface area contributed by atoms with Crippen LogP contribution in [0.3, 0.4) is 0 Å². The van der Waals surface area contributed by atoms with E-state index in [4.69, 9.17) is 10.00 Å². The molecule has 0 unspecified atom stereocenters. The molecular weight excluding hydrogens is 186 g/mol. The molecule has 0 aliphatic heterocycles. The number of nitriles is 1. The monoisotopic (exact) mass is 203 g/mol. The minimum atomic E-state index is -0.430. The smallest absolute Gasteiger partial charge is 0.122 e. The van der Waals surface area contributed by atoms with Crippen LogP contribution in [0.25, 0.3) is 0 Å². The van der Waals surface area contributed by atoms with E-state index in [1.807, 2.05) is 32.0 Å². The van der Waals surface area contributed by atoms with Crippen molar-refractivity contribution in [2.24, 2.45) is 5.41 Å². The van der Waals surface area contributed by atoms with Crippen LogP contribution in [-0.4, -0.2) is 6.61 Å². The SMILES string of the molecule is CCc1ccccc1OCC(C)(C)C#N. The van der Waals surface area contributed by atoms with Crippen LogP contribution >= 0.6 is 0 Å². The molecule has 0 fully saturated rings. The molecule has 0 atom stereocenters. The minimum Gasteiger partial charge on any atom is -0.492 e. The molecule has 0 bridgehead atoms. The summed E-state index contributed by atoms with van der Waals surface area (Å²) in [6, 6.07) is 10.2. The summed E-state index contributed by atoms with van der Waals surface area (Å²) in [5.41, 5.74) is 0.757. The quantitative estimate of drug-likeness (QED) is 0.753. The molecule has 0 spiro atoms. The molecule has 0 N–H and O–H groups in total. The number of ether oxygens (including phenoxy) is 1. The van der Waals surface area contributed by atoms with Gasteiger partial charge in [0.2, 0.25) is 0 Å². The van der Waals surface area contributed by atoms with E-state index >= 15 is 0 Å². The molecule has 0 aromatic heterocycles. The molecule has 2 nitrogen and oxygen atoms in total. The zero-order chi connectivity index (χ0) is 11.3. The molecule has 0 saturated heterocycles. The van der Waals surface area contributed by atoms with E-state index in [-0.39, 0.29) is 0 Å². The number of benzene rings is 1. The average molecular weight is 203 g/mol. The number of rotatable bonds is 4. The lowest BCUT2D eigenvalue weighted by molar-refractivity contribution is 0.225. The van der Waals surface area contributed by atoms with Crippen molar-refractivity contribution in [3.8, 4) is 11.8 Å². The van der Waals surface area contributed by atoms with Gasteiger partial charge in [0.1, 0.15) is 12.4 Å². The van der Waals surface area contributed by atoms with E-state index < -0.39 is 5.41 Å². The second kappa shape index (κ2) is 4.84. The lowest BCUT2D eigenvalue weighted by atomic mass is 9.97. The molecule has 80 valence electrons. The number of hydrogen-bond donors (Lipinski definition) is 0. The van der Waals surface area contributed by atoms with E-state index in [1.54, 1.807) is 0 Å². The van der Waals surface area contributed by atoms with Crippen LogP contribution in [0.4, 0.5) is 0 Å². The Kier molecular flexibility index (Phi) is 3.74. The summed E-state index contributed by atoms with van der Waals surface area (Å²) in [7, 11) is 0. The average Bonchev–Trinajstić information content (AvgIpc) is 2.27. The molecule has 15 heavy (non-hydrogen) atoms. The molecule has 1 rings (SSSR count). The van der Waals surface area contributed by atoms with Crippen LogP contribution in [0.5, 0.6) is 5.75 Å². The van der Waals surface area contributed by atoms with Crippen molar-refractivity contribution >= 4 is 0 Å². The van der Waals surface area contributed by atoms with Gasteiger partial charge < -0.3 is 4.74 Å². The highest BCUT2D eigenvalue weighted by Gasteiger charge is 2.18. The molecule has 0 radical (unpaired) electrons. The Morgan fingerprint density at radius 3 is 2.60 bits per heavy atom. The predicted molar refractivity (Wildman–Crippen MR) is 60.7 cm³/mol. The first-order chi connectivity index (χ1) is 7.09. The van der Waals surface area contributed by atoms with Gasteiger partial charge in [-0.3, -0.25) is 0 Å². The van der Waals surface area contributed by atoms with E-state index in [9.17, 15) is 0 Å². The molecule has 0 heterocycles. The van der Waals surface area contributed by atoms with Crippen molar-refractivity contribution < 1.29 is 4.74 Å². The third-order valence-electron chi connectivity index (χ3n) is 2.24. The van der Waals surface area contributed by atoms with E-state index in [0.717, 1.165) is 12.2 Å². The van der Waals surface area contributed by atoms with Gasteiger partial charge in [-0.1, -0.05) is 25.1 Å². The standard InChI is InChI=1S/C13H17NO/c1-4-11-7-5-6-8-12(11)15-10-13(2,3)9-14/h5-8H,4,10H2,1-3H3. The second-order valence-corrected chi connectivity index (χ2v) is 4.25. The lowest BCUT2D eigenvalue weighted by Gasteiger charge is -2.17. The van der Waals surface area contributed by atoms with Gasteiger partial charge in [-0.05, 0) is 31.9 Å². The van der Waals surface area contributed by atoms with E-state index in [1.165, 1.54) is 5.56 Å². The van der Waals surface area contributed by atoms with Gasteiger partial charge in [0, 0.05) is 0 Å². The maximum absolute atomic E-state index is 8.87. The van der Waals surface area contributed by atoms with Crippen LogP contribution in [-0.2, 0) is 6.42 Å². The maximum Gasteiger partial charge on any atom is 0.122 e. The fourth-order valence-corrected chi connectivity index (χ4v) is 1.23. The summed E-state index contributed by atoms with van der Waals surface area (Å²) < 4.78 is 5.66. The summed E-state index contributed by atoms with van der Waals surface area (Å²) in [6.45, 7) is 6.28. The summed E-state index contributed by atoms with van der Waals surface area (Å²) in [5.74, 6) is 0.892. The second-order valence-electron chi connectivity index (χ2n) is 4.25. The fourth-order valence-electron chi connectivity index (χ4n) is 1.23. The van der Waals surface area contributed by atoms with E-state index in [2.05, 4.69) is 19.1 Å². The zero-order valence-corrected chi connectivity index (χ0v) is 9.58.